The highest BCUT2D eigenvalue weighted by Gasteiger charge is 2.25. The topological polar surface area (TPSA) is 70.6 Å². The minimum absolute atomic E-state index is 0. The van der Waals surface area contributed by atoms with Crippen molar-refractivity contribution in [1.82, 2.24) is 0 Å². The number of rotatable bonds is 5. The smallest absolute Gasteiger partial charge is 0.193 e. The van der Waals surface area contributed by atoms with Gasteiger partial charge in [0.05, 0.1) is 6.54 Å². The van der Waals surface area contributed by atoms with Gasteiger partial charge in [-0.1, -0.05) is 48.9 Å². The van der Waals surface area contributed by atoms with Crippen LogP contribution < -0.4 is 11.1 Å². The molecule has 2 aromatic carbocycles. The van der Waals surface area contributed by atoms with E-state index in [1.807, 2.05) is 30.3 Å². The van der Waals surface area contributed by atoms with Crippen molar-refractivity contribution in [3.63, 3.8) is 0 Å². The SMILES string of the molecule is CCc1cccc(NC(N)=NCC(C)(O)c2ccccc2Cl)c1.I. The van der Waals surface area contributed by atoms with Crippen molar-refractivity contribution in [2.75, 3.05) is 11.9 Å². The molecule has 0 aliphatic rings. The Bertz CT molecular complexity index is 704. The molecule has 0 aromatic heterocycles. The van der Waals surface area contributed by atoms with Gasteiger partial charge < -0.3 is 16.2 Å². The predicted octanol–water partition coefficient (Wildman–Crippen LogP) is 4.15. The summed E-state index contributed by atoms with van der Waals surface area (Å²) in [6.07, 6.45) is 0.952. The zero-order valence-corrected chi connectivity index (χ0v) is 16.9. The monoisotopic (exact) mass is 459 g/mol. The van der Waals surface area contributed by atoms with Gasteiger partial charge in [-0.2, -0.15) is 0 Å². The van der Waals surface area contributed by atoms with Crippen LogP contribution in [-0.2, 0) is 12.0 Å². The largest absolute Gasteiger partial charge is 0.383 e. The zero-order valence-electron chi connectivity index (χ0n) is 13.8. The maximum atomic E-state index is 10.6. The molecular weight excluding hydrogens is 437 g/mol. The molecule has 0 bridgehead atoms. The number of aliphatic hydroxyl groups is 1. The first-order chi connectivity index (χ1) is 10.9. The highest BCUT2D eigenvalue weighted by molar-refractivity contribution is 14.0. The van der Waals surface area contributed by atoms with Gasteiger partial charge in [-0.05, 0) is 37.1 Å². The number of benzene rings is 2. The molecule has 130 valence electrons. The molecule has 4 N–H and O–H groups in total. The Hall–Kier alpha value is -1.31. The molecule has 0 saturated heterocycles. The molecule has 2 aromatic rings. The molecule has 1 unspecified atom stereocenters. The normalized spacial score (nSPS) is 13.8. The van der Waals surface area contributed by atoms with Crippen LogP contribution in [0.3, 0.4) is 0 Å². The lowest BCUT2D eigenvalue weighted by atomic mass is 9.96. The minimum atomic E-state index is -1.18. The Balaban J connectivity index is 0.00000288. The summed E-state index contributed by atoms with van der Waals surface area (Å²) in [5, 5.41) is 14.1. The number of guanidine groups is 1. The van der Waals surface area contributed by atoms with Gasteiger partial charge in [0, 0.05) is 16.3 Å². The fourth-order valence-electron chi connectivity index (χ4n) is 2.28. The van der Waals surface area contributed by atoms with Crippen LogP contribution in [-0.4, -0.2) is 17.6 Å². The second-order valence-corrected chi connectivity index (χ2v) is 6.04. The number of aliphatic imine (C=N–C) groups is 1. The van der Waals surface area contributed by atoms with Crippen LogP contribution in [0.1, 0.15) is 25.0 Å². The molecule has 0 fully saturated rings. The van der Waals surface area contributed by atoms with Gasteiger partial charge in [-0.15, -0.1) is 24.0 Å². The van der Waals surface area contributed by atoms with Crippen LogP contribution >= 0.6 is 35.6 Å². The van der Waals surface area contributed by atoms with Crippen LogP contribution in [0.25, 0.3) is 0 Å². The molecule has 6 heteroatoms. The third kappa shape index (κ3) is 5.65. The zero-order chi connectivity index (χ0) is 16.9. The van der Waals surface area contributed by atoms with Crippen molar-refractivity contribution in [1.29, 1.82) is 0 Å². The summed E-state index contributed by atoms with van der Waals surface area (Å²) < 4.78 is 0. The maximum Gasteiger partial charge on any atom is 0.193 e. The minimum Gasteiger partial charge on any atom is -0.383 e. The summed E-state index contributed by atoms with van der Waals surface area (Å²) in [6, 6.07) is 15.1. The molecular formula is C18H23ClIN3O. The molecule has 1 atom stereocenters. The lowest BCUT2D eigenvalue weighted by Gasteiger charge is -2.23. The van der Waals surface area contributed by atoms with E-state index in [2.05, 4.69) is 23.3 Å². The summed E-state index contributed by atoms with van der Waals surface area (Å²) >= 11 is 6.13. The Labute approximate surface area is 165 Å². The van der Waals surface area contributed by atoms with Crippen LogP contribution in [0.4, 0.5) is 5.69 Å². The highest BCUT2D eigenvalue weighted by Crippen LogP contribution is 2.28. The van der Waals surface area contributed by atoms with Crippen molar-refractivity contribution in [3.8, 4) is 0 Å². The molecule has 0 aliphatic heterocycles. The number of anilines is 1. The Morgan fingerprint density at radius 2 is 1.96 bits per heavy atom. The average molecular weight is 460 g/mol. The van der Waals surface area contributed by atoms with Crippen molar-refractivity contribution < 1.29 is 5.11 Å². The molecule has 2 rings (SSSR count). The molecule has 0 radical (unpaired) electrons. The number of hydrogen-bond donors (Lipinski definition) is 3. The number of hydrogen-bond acceptors (Lipinski definition) is 2. The van der Waals surface area contributed by atoms with Crippen molar-refractivity contribution in [2.45, 2.75) is 25.9 Å². The quantitative estimate of drug-likeness (QED) is 0.357. The van der Waals surface area contributed by atoms with E-state index in [1.165, 1.54) is 5.56 Å². The number of halogens is 2. The second-order valence-electron chi connectivity index (χ2n) is 5.63. The first kappa shape index (κ1) is 20.7. The standard InChI is InChI=1S/C18H22ClN3O.HI/c1-3-13-7-6-8-14(11-13)22-17(20)21-12-18(2,23)15-9-4-5-10-16(15)19;/h4-11,23H,3,12H2,1-2H3,(H3,20,21,22);1H. The average Bonchev–Trinajstić information content (AvgIpc) is 2.53. The molecule has 4 nitrogen and oxygen atoms in total. The van der Waals surface area contributed by atoms with E-state index in [1.54, 1.807) is 19.1 Å². The molecule has 0 saturated carbocycles. The number of nitrogens with two attached hydrogens (primary N) is 1. The summed E-state index contributed by atoms with van der Waals surface area (Å²) in [5.41, 5.74) is 7.45. The van der Waals surface area contributed by atoms with Crippen molar-refractivity contribution in [2.24, 2.45) is 10.7 Å². The molecule has 0 aliphatic carbocycles. The third-order valence-corrected chi connectivity index (χ3v) is 3.95. The van der Waals surface area contributed by atoms with E-state index in [0.717, 1.165) is 12.1 Å². The maximum absolute atomic E-state index is 10.6. The van der Waals surface area contributed by atoms with Gasteiger partial charge in [0.15, 0.2) is 5.96 Å². The Morgan fingerprint density at radius 1 is 1.25 bits per heavy atom. The lowest BCUT2D eigenvalue weighted by Crippen LogP contribution is -2.30. The van der Waals surface area contributed by atoms with E-state index >= 15 is 0 Å². The lowest BCUT2D eigenvalue weighted by molar-refractivity contribution is 0.0675. The molecule has 0 amide bonds. The number of nitrogens with one attached hydrogen (secondary N) is 1. The van der Waals surface area contributed by atoms with Crippen LogP contribution in [0.15, 0.2) is 53.5 Å². The molecule has 0 spiro atoms. The van der Waals surface area contributed by atoms with Crippen molar-refractivity contribution >= 4 is 47.2 Å². The first-order valence-electron chi connectivity index (χ1n) is 7.55. The number of nitrogens with zero attached hydrogens (tertiary/aromatic N) is 1. The van der Waals surface area contributed by atoms with Crippen LogP contribution in [0, 0.1) is 0 Å². The fourth-order valence-corrected chi connectivity index (χ4v) is 2.62. The molecule has 0 heterocycles. The van der Waals surface area contributed by atoms with Crippen LogP contribution in [0.5, 0.6) is 0 Å². The fraction of sp³-hybridized carbons (Fsp3) is 0.278. The predicted molar refractivity (Wildman–Crippen MR) is 112 cm³/mol. The summed E-state index contributed by atoms with van der Waals surface area (Å²) in [7, 11) is 0. The van der Waals surface area contributed by atoms with E-state index in [-0.39, 0.29) is 36.5 Å². The van der Waals surface area contributed by atoms with E-state index in [4.69, 9.17) is 17.3 Å². The van der Waals surface area contributed by atoms with E-state index < -0.39 is 5.60 Å². The summed E-state index contributed by atoms with van der Waals surface area (Å²) in [5.74, 6) is 0.255. The van der Waals surface area contributed by atoms with Crippen molar-refractivity contribution in [3.05, 3.63) is 64.7 Å². The van der Waals surface area contributed by atoms with Gasteiger partial charge in [0.1, 0.15) is 5.60 Å². The Morgan fingerprint density at radius 3 is 2.62 bits per heavy atom. The third-order valence-electron chi connectivity index (χ3n) is 3.62. The first-order valence-corrected chi connectivity index (χ1v) is 7.93. The van der Waals surface area contributed by atoms with Gasteiger partial charge in [0.25, 0.3) is 0 Å². The van der Waals surface area contributed by atoms with Gasteiger partial charge in [-0.3, -0.25) is 0 Å². The van der Waals surface area contributed by atoms with E-state index in [9.17, 15) is 5.11 Å². The highest BCUT2D eigenvalue weighted by atomic mass is 127. The van der Waals surface area contributed by atoms with Crippen LogP contribution in [0.2, 0.25) is 5.02 Å². The molecule has 24 heavy (non-hydrogen) atoms. The summed E-state index contributed by atoms with van der Waals surface area (Å²) in [6.45, 7) is 3.88. The van der Waals surface area contributed by atoms with E-state index in [0.29, 0.717) is 10.6 Å². The van der Waals surface area contributed by atoms with Gasteiger partial charge >= 0.3 is 0 Å². The second kappa shape index (κ2) is 9.25. The Kier molecular flexibility index (Phi) is 7.99. The number of aryl methyl sites for hydroxylation is 1. The van der Waals surface area contributed by atoms with Gasteiger partial charge in [-0.25, -0.2) is 4.99 Å². The summed E-state index contributed by atoms with van der Waals surface area (Å²) in [4.78, 5) is 4.24. The van der Waals surface area contributed by atoms with Gasteiger partial charge in [0.2, 0.25) is 0 Å².